The number of aromatic nitrogens is 2. The van der Waals surface area contributed by atoms with E-state index in [1.165, 1.54) is 37.2 Å². The zero-order valence-corrected chi connectivity index (χ0v) is 17.4. The lowest BCUT2D eigenvalue weighted by Crippen LogP contribution is -2.43. The molecule has 2 rings (SSSR count). The molecule has 164 valence electrons. The minimum atomic E-state index is -4.70. The van der Waals surface area contributed by atoms with Gasteiger partial charge in [-0.15, -0.1) is 11.3 Å². The molecule has 2 aromatic heterocycles. The molecule has 0 aliphatic rings. The number of rotatable bonds is 10. The quantitative estimate of drug-likeness (QED) is 0.565. The second kappa shape index (κ2) is 9.85. The first kappa shape index (κ1) is 23.5. The van der Waals surface area contributed by atoms with E-state index in [-0.39, 0.29) is 23.1 Å². The number of hydrogen-bond acceptors (Lipinski definition) is 7. The van der Waals surface area contributed by atoms with Gasteiger partial charge in [0.1, 0.15) is 11.4 Å². The van der Waals surface area contributed by atoms with Crippen LogP contribution in [0.15, 0.2) is 9.59 Å². The first-order chi connectivity index (χ1) is 13.6. The molecule has 0 bridgehead atoms. The van der Waals surface area contributed by atoms with Crippen molar-refractivity contribution in [2.45, 2.75) is 39.0 Å². The Hall–Kier alpha value is -1.73. The van der Waals surface area contributed by atoms with Gasteiger partial charge in [0.05, 0.1) is 18.5 Å². The fourth-order valence-electron chi connectivity index (χ4n) is 2.87. The van der Waals surface area contributed by atoms with Crippen molar-refractivity contribution in [3.8, 4) is 0 Å². The summed E-state index contributed by atoms with van der Waals surface area (Å²) in [5.41, 5.74) is -1.41. The molecule has 0 saturated carbocycles. The second-order valence-corrected chi connectivity index (χ2v) is 7.38. The monoisotopic (exact) mass is 439 g/mol. The summed E-state index contributed by atoms with van der Waals surface area (Å²) >= 11 is 1.19. The Labute approximate surface area is 168 Å². The molecule has 0 aliphatic heterocycles. The van der Waals surface area contributed by atoms with Crippen LogP contribution in [0.5, 0.6) is 0 Å². The highest BCUT2D eigenvalue weighted by Crippen LogP contribution is 2.28. The number of ether oxygens (including phenoxy) is 3. The molecular weight excluding hydrogens is 415 g/mol. The van der Waals surface area contributed by atoms with Crippen molar-refractivity contribution in [1.82, 2.24) is 14.5 Å². The molecular formula is C17H24F3N3O5S. The molecule has 8 nitrogen and oxygen atoms in total. The minimum absolute atomic E-state index is 0.0339. The average molecular weight is 439 g/mol. The fourth-order valence-corrected chi connectivity index (χ4v) is 4.16. The molecule has 0 unspecified atom stereocenters. The number of nitrogens with one attached hydrogen (secondary N) is 1. The van der Waals surface area contributed by atoms with Gasteiger partial charge in [-0.05, 0) is 12.5 Å². The molecule has 0 aromatic carbocycles. The SMILES string of the molecule is COCCn1c(=O)n(CC(F)(F)F)c(=O)c2c(C)c(CNCC(OC)OC)sc21. The van der Waals surface area contributed by atoms with Gasteiger partial charge in [-0.2, -0.15) is 13.2 Å². The summed E-state index contributed by atoms with van der Waals surface area (Å²) in [5, 5.41) is 3.23. The molecule has 0 saturated heterocycles. The van der Waals surface area contributed by atoms with Gasteiger partial charge < -0.3 is 19.5 Å². The van der Waals surface area contributed by atoms with Gasteiger partial charge in [-0.3, -0.25) is 13.9 Å². The number of thiophene rings is 1. The summed E-state index contributed by atoms with van der Waals surface area (Å²) in [4.78, 5) is 26.4. The van der Waals surface area contributed by atoms with Crippen molar-refractivity contribution >= 4 is 21.6 Å². The van der Waals surface area contributed by atoms with E-state index in [1.807, 2.05) is 0 Å². The van der Waals surface area contributed by atoms with Crippen LogP contribution in [0, 0.1) is 6.92 Å². The number of fused-ring (bicyclic) bond motifs is 1. The standard InChI is InChI=1S/C17H24F3N3O5S/c1-10-11(7-21-8-12(27-3)28-4)29-15-13(10)14(24)23(9-17(18,19)20)16(25)22(15)5-6-26-2/h12,21H,5-9H2,1-4H3. The van der Waals surface area contributed by atoms with E-state index < -0.39 is 30.3 Å². The van der Waals surface area contributed by atoms with Gasteiger partial charge in [-0.1, -0.05) is 0 Å². The van der Waals surface area contributed by atoms with Gasteiger partial charge in [0, 0.05) is 39.3 Å². The Kier molecular flexibility index (Phi) is 8.00. The third-order valence-corrected chi connectivity index (χ3v) is 5.69. The van der Waals surface area contributed by atoms with Crippen molar-refractivity contribution in [3.63, 3.8) is 0 Å². The van der Waals surface area contributed by atoms with E-state index in [0.717, 1.165) is 4.88 Å². The zero-order chi connectivity index (χ0) is 21.8. The molecule has 12 heteroatoms. The van der Waals surface area contributed by atoms with Gasteiger partial charge >= 0.3 is 11.9 Å². The molecule has 0 amide bonds. The van der Waals surface area contributed by atoms with E-state index in [2.05, 4.69) is 5.32 Å². The van der Waals surface area contributed by atoms with Gasteiger partial charge in [0.25, 0.3) is 5.56 Å². The molecule has 29 heavy (non-hydrogen) atoms. The second-order valence-electron chi connectivity index (χ2n) is 6.30. The summed E-state index contributed by atoms with van der Waals surface area (Å²) in [7, 11) is 4.42. The predicted molar refractivity (Wildman–Crippen MR) is 103 cm³/mol. The number of methoxy groups -OCH3 is 3. The number of halogens is 3. The lowest BCUT2D eigenvalue weighted by Gasteiger charge is -2.13. The Morgan fingerprint density at radius 3 is 2.34 bits per heavy atom. The maximum absolute atomic E-state index is 12.9. The van der Waals surface area contributed by atoms with Gasteiger partial charge in [0.15, 0.2) is 6.29 Å². The Balaban J connectivity index is 2.54. The van der Waals surface area contributed by atoms with Crippen LogP contribution in [0.3, 0.4) is 0 Å². The molecule has 2 heterocycles. The van der Waals surface area contributed by atoms with Crippen LogP contribution < -0.4 is 16.6 Å². The highest BCUT2D eigenvalue weighted by molar-refractivity contribution is 7.18. The number of aryl methyl sites for hydroxylation is 1. The van der Waals surface area contributed by atoms with E-state index in [0.29, 0.717) is 23.5 Å². The number of hydrogen-bond donors (Lipinski definition) is 1. The van der Waals surface area contributed by atoms with Crippen LogP contribution in [0.4, 0.5) is 13.2 Å². The van der Waals surface area contributed by atoms with Crippen molar-refractivity contribution in [1.29, 1.82) is 0 Å². The highest BCUT2D eigenvalue weighted by Gasteiger charge is 2.31. The maximum Gasteiger partial charge on any atom is 0.406 e. The van der Waals surface area contributed by atoms with Gasteiger partial charge in [0.2, 0.25) is 0 Å². The first-order valence-electron chi connectivity index (χ1n) is 8.72. The smallest absolute Gasteiger partial charge is 0.383 e. The zero-order valence-electron chi connectivity index (χ0n) is 16.6. The maximum atomic E-state index is 12.9. The molecule has 0 radical (unpaired) electrons. The third-order valence-electron chi connectivity index (χ3n) is 4.37. The van der Waals surface area contributed by atoms with E-state index in [1.54, 1.807) is 6.92 Å². The van der Waals surface area contributed by atoms with Crippen LogP contribution in [0.1, 0.15) is 10.4 Å². The largest absolute Gasteiger partial charge is 0.406 e. The Morgan fingerprint density at radius 2 is 1.79 bits per heavy atom. The summed E-state index contributed by atoms with van der Waals surface area (Å²) in [6.07, 6.45) is -5.16. The normalized spacial score (nSPS) is 12.4. The van der Waals surface area contributed by atoms with Crippen molar-refractivity contribution in [2.24, 2.45) is 0 Å². The van der Waals surface area contributed by atoms with E-state index in [9.17, 15) is 22.8 Å². The number of alkyl halides is 3. The topological polar surface area (TPSA) is 83.7 Å². The molecule has 0 fully saturated rings. The molecule has 0 spiro atoms. The van der Waals surface area contributed by atoms with Crippen LogP contribution in [0.25, 0.3) is 10.2 Å². The molecule has 0 aliphatic carbocycles. The lowest BCUT2D eigenvalue weighted by molar-refractivity contribution is -0.141. The predicted octanol–water partition coefficient (Wildman–Crippen LogP) is 1.45. The van der Waals surface area contributed by atoms with Gasteiger partial charge in [-0.25, -0.2) is 4.79 Å². The van der Waals surface area contributed by atoms with Crippen LogP contribution in [0.2, 0.25) is 0 Å². The Morgan fingerprint density at radius 1 is 1.14 bits per heavy atom. The van der Waals surface area contributed by atoms with Crippen LogP contribution >= 0.6 is 11.3 Å². The van der Waals surface area contributed by atoms with Crippen molar-refractivity contribution < 1.29 is 27.4 Å². The minimum Gasteiger partial charge on any atom is -0.383 e. The summed E-state index contributed by atoms with van der Waals surface area (Å²) < 4.78 is 55.4. The Bertz CT molecular complexity index is 947. The van der Waals surface area contributed by atoms with E-state index in [4.69, 9.17) is 14.2 Å². The highest BCUT2D eigenvalue weighted by atomic mass is 32.1. The van der Waals surface area contributed by atoms with E-state index >= 15 is 0 Å². The summed E-state index contributed by atoms with van der Waals surface area (Å²) in [6.45, 7) is 0.880. The molecule has 0 atom stereocenters. The van der Waals surface area contributed by atoms with Crippen LogP contribution in [-0.4, -0.2) is 56.1 Å². The van der Waals surface area contributed by atoms with Crippen molar-refractivity contribution in [2.75, 3.05) is 34.5 Å². The third kappa shape index (κ3) is 5.45. The van der Waals surface area contributed by atoms with Crippen LogP contribution in [-0.2, 0) is 33.8 Å². The fraction of sp³-hybridized carbons (Fsp3) is 0.647. The molecule has 1 N–H and O–H groups in total. The first-order valence-corrected chi connectivity index (χ1v) is 9.53. The molecule has 2 aromatic rings. The lowest BCUT2D eigenvalue weighted by atomic mass is 10.2. The summed E-state index contributed by atoms with van der Waals surface area (Å²) in [6, 6.07) is 0. The van der Waals surface area contributed by atoms with Crippen molar-refractivity contribution in [3.05, 3.63) is 31.3 Å². The summed E-state index contributed by atoms with van der Waals surface area (Å²) in [5.74, 6) is 0. The number of nitrogens with zero attached hydrogens (tertiary/aromatic N) is 2. The average Bonchev–Trinajstić information content (AvgIpc) is 2.98.